The van der Waals surface area contributed by atoms with Gasteiger partial charge in [0.1, 0.15) is 5.75 Å². The monoisotopic (exact) mass is 344 g/mol. The number of anilines is 2. The van der Waals surface area contributed by atoms with Crippen molar-refractivity contribution in [1.82, 2.24) is 15.0 Å². The molecule has 19 heavy (non-hydrogen) atoms. The van der Waals surface area contributed by atoms with Gasteiger partial charge in [0.2, 0.25) is 11.2 Å². The number of nitrogens with zero attached hydrogens (tertiary/aromatic N) is 3. The van der Waals surface area contributed by atoms with Gasteiger partial charge in [-0.05, 0) is 39.7 Å². The van der Waals surface area contributed by atoms with Gasteiger partial charge >= 0.3 is 6.01 Å². The van der Waals surface area contributed by atoms with Crippen molar-refractivity contribution in [1.29, 1.82) is 0 Å². The van der Waals surface area contributed by atoms with Gasteiger partial charge in [-0.3, -0.25) is 0 Å². The Labute approximate surface area is 123 Å². The zero-order valence-corrected chi connectivity index (χ0v) is 12.5. The maximum atomic E-state index is 5.76. The molecule has 0 saturated heterocycles. The first-order valence-electron chi connectivity index (χ1n) is 5.18. The number of methoxy groups -OCH3 is 2. The first-order valence-corrected chi connectivity index (χ1v) is 6.35. The molecule has 8 heteroatoms. The number of rotatable bonds is 4. The molecule has 0 aliphatic carbocycles. The molecule has 6 nitrogen and oxygen atoms in total. The van der Waals surface area contributed by atoms with E-state index in [1.807, 2.05) is 12.1 Å². The average Bonchev–Trinajstić information content (AvgIpc) is 2.40. The molecule has 0 radical (unpaired) electrons. The van der Waals surface area contributed by atoms with Crippen LogP contribution in [-0.2, 0) is 0 Å². The summed E-state index contributed by atoms with van der Waals surface area (Å²) in [4.78, 5) is 11.8. The molecule has 0 spiro atoms. The maximum Gasteiger partial charge on any atom is 0.322 e. The molecule has 0 aliphatic rings. The van der Waals surface area contributed by atoms with Crippen LogP contribution in [0.2, 0.25) is 5.28 Å². The number of nitrogens with one attached hydrogen (secondary N) is 1. The van der Waals surface area contributed by atoms with Gasteiger partial charge in [0.05, 0.1) is 18.7 Å². The fourth-order valence-electron chi connectivity index (χ4n) is 1.35. The van der Waals surface area contributed by atoms with Crippen molar-refractivity contribution in [3.8, 4) is 11.8 Å². The molecule has 0 saturated carbocycles. The summed E-state index contributed by atoms with van der Waals surface area (Å²) < 4.78 is 11.0. The van der Waals surface area contributed by atoms with Gasteiger partial charge in [-0.25, -0.2) is 0 Å². The Hall–Kier alpha value is -1.60. The number of ether oxygens (including phenoxy) is 2. The van der Waals surface area contributed by atoms with Gasteiger partial charge in [-0.2, -0.15) is 15.0 Å². The number of halogens is 2. The third-order valence-corrected chi connectivity index (χ3v) is 3.00. The summed E-state index contributed by atoms with van der Waals surface area (Å²) in [6, 6.07) is 5.64. The summed E-state index contributed by atoms with van der Waals surface area (Å²) in [6.07, 6.45) is 0. The van der Waals surface area contributed by atoms with Crippen LogP contribution in [0.3, 0.4) is 0 Å². The summed E-state index contributed by atoms with van der Waals surface area (Å²) >= 11 is 9.14. The Morgan fingerprint density at radius 1 is 1.16 bits per heavy atom. The fraction of sp³-hybridized carbons (Fsp3) is 0.182. The molecular formula is C11H10BrClN4O2. The third-order valence-electron chi connectivity index (χ3n) is 2.18. The van der Waals surface area contributed by atoms with Gasteiger partial charge in [0.25, 0.3) is 0 Å². The second kappa shape index (κ2) is 6.03. The van der Waals surface area contributed by atoms with Crippen LogP contribution in [0.5, 0.6) is 11.8 Å². The Bertz CT molecular complexity index is 597. The van der Waals surface area contributed by atoms with Gasteiger partial charge < -0.3 is 14.8 Å². The van der Waals surface area contributed by atoms with E-state index < -0.39 is 0 Å². The minimum atomic E-state index is 0.0541. The van der Waals surface area contributed by atoms with Crippen molar-refractivity contribution in [2.24, 2.45) is 0 Å². The van der Waals surface area contributed by atoms with E-state index in [4.69, 9.17) is 21.1 Å². The van der Waals surface area contributed by atoms with Gasteiger partial charge in [-0.15, -0.1) is 0 Å². The predicted octanol–water partition coefficient (Wildman–Crippen LogP) is 3.05. The van der Waals surface area contributed by atoms with Crippen molar-refractivity contribution in [3.05, 3.63) is 28.0 Å². The largest absolute Gasteiger partial charge is 0.495 e. The molecule has 100 valence electrons. The molecule has 0 bridgehead atoms. The highest BCUT2D eigenvalue weighted by Gasteiger charge is 2.07. The Morgan fingerprint density at radius 2 is 1.95 bits per heavy atom. The number of hydrogen-bond acceptors (Lipinski definition) is 6. The molecule has 1 N–H and O–H groups in total. The van der Waals surface area contributed by atoms with Crippen molar-refractivity contribution in [3.63, 3.8) is 0 Å². The van der Waals surface area contributed by atoms with Crippen LogP contribution in [0.4, 0.5) is 11.6 Å². The van der Waals surface area contributed by atoms with E-state index in [0.717, 1.165) is 10.2 Å². The van der Waals surface area contributed by atoms with E-state index in [-0.39, 0.29) is 11.3 Å². The molecule has 0 fully saturated rings. The lowest BCUT2D eigenvalue weighted by molar-refractivity contribution is 0.379. The lowest BCUT2D eigenvalue weighted by Crippen LogP contribution is -2.02. The van der Waals surface area contributed by atoms with E-state index in [2.05, 4.69) is 36.2 Å². The first kappa shape index (κ1) is 13.8. The highest BCUT2D eigenvalue weighted by atomic mass is 79.9. The van der Waals surface area contributed by atoms with Crippen molar-refractivity contribution in [2.45, 2.75) is 0 Å². The molecule has 0 amide bonds. The van der Waals surface area contributed by atoms with Crippen LogP contribution >= 0.6 is 27.5 Å². The van der Waals surface area contributed by atoms with E-state index in [9.17, 15) is 0 Å². The smallest absolute Gasteiger partial charge is 0.322 e. The molecule has 1 aromatic carbocycles. The van der Waals surface area contributed by atoms with Gasteiger partial charge in [0, 0.05) is 11.8 Å². The minimum absolute atomic E-state index is 0.0541. The second-order valence-electron chi connectivity index (χ2n) is 3.39. The molecule has 0 aliphatic heterocycles. The molecule has 2 rings (SSSR count). The van der Waals surface area contributed by atoms with E-state index in [1.54, 1.807) is 13.2 Å². The minimum Gasteiger partial charge on any atom is -0.495 e. The highest BCUT2D eigenvalue weighted by Crippen LogP contribution is 2.29. The summed E-state index contributed by atoms with van der Waals surface area (Å²) in [5, 5.41) is 3.05. The third kappa shape index (κ3) is 3.45. The summed E-state index contributed by atoms with van der Waals surface area (Å²) in [6.45, 7) is 0. The molecule has 0 atom stereocenters. The molecular weight excluding hydrogens is 336 g/mol. The lowest BCUT2D eigenvalue weighted by atomic mass is 10.3. The van der Waals surface area contributed by atoms with Crippen molar-refractivity contribution < 1.29 is 9.47 Å². The number of benzene rings is 1. The fourth-order valence-corrected chi connectivity index (χ4v) is 1.91. The number of aromatic nitrogens is 3. The Balaban J connectivity index is 2.28. The Kier molecular flexibility index (Phi) is 4.39. The predicted molar refractivity (Wildman–Crippen MR) is 75.4 cm³/mol. The topological polar surface area (TPSA) is 69.2 Å². The van der Waals surface area contributed by atoms with Gasteiger partial charge in [-0.1, -0.05) is 0 Å². The molecule has 2 aromatic rings. The van der Waals surface area contributed by atoms with Crippen LogP contribution in [0.25, 0.3) is 0 Å². The molecule has 0 unspecified atom stereocenters. The molecule has 1 aromatic heterocycles. The normalized spacial score (nSPS) is 10.1. The second-order valence-corrected chi connectivity index (χ2v) is 4.58. The Morgan fingerprint density at radius 3 is 2.63 bits per heavy atom. The van der Waals surface area contributed by atoms with E-state index in [0.29, 0.717) is 11.7 Å². The zero-order chi connectivity index (χ0) is 13.8. The zero-order valence-electron chi connectivity index (χ0n) is 10.1. The van der Waals surface area contributed by atoms with Gasteiger partial charge in [0.15, 0.2) is 0 Å². The van der Waals surface area contributed by atoms with Crippen LogP contribution in [-0.4, -0.2) is 29.2 Å². The van der Waals surface area contributed by atoms with Crippen LogP contribution < -0.4 is 14.8 Å². The quantitative estimate of drug-likeness (QED) is 0.918. The summed E-state index contributed by atoms with van der Waals surface area (Å²) in [5.74, 6) is 0.985. The van der Waals surface area contributed by atoms with E-state index in [1.165, 1.54) is 7.11 Å². The van der Waals surface area contributed by atoms with Crippen LogP contribution in [0, 0.1) is 0 Å². The van der Waals surface area contributed by atoms with Crippen molar-refractivity contribution >= 4 is 39.2 Å². The van der Waals surface area contributed by atoms with E-state index >= 15 is 0 Å². The summed E-state index contributed by atoms with van der Waals surface area (Å²) in [7, 11) is 3.05. The molecule has 1 heterocycles. The standard InChI is InChI=1S/C11H10BrClN4O2/c1-18-8-5-6(3-4-7(8)12)14-10-15-9(13)16-11(17-10)19-2/h3-5H,1-2H3,(H,14,15,16,17). The average molecular weight is 346 g/mol. The lowest BCUT2D eigenvalue weighted by Gasteiger charge is -2.08. The SMILES string of the molecule is COc1nc(Cl)nc(Nc2ccc(Br)c(OC)c2)n1. The van der Waals surface area contributed by atoms with Crippen LogP contribution in [0.15, 0.2) is 22.7 Å². The maximum absolute atomic E-state index is 5.76. The highest BCUT2D eigenvalue weighted by molar-refractivity contribution is 9.10. The van der Waals surface area contributed by atoms with Crippen molar-refractivity contribution in [2.75, 3.05) is 19.5 Å². The van der Waals surface area contributed by atoms with Crippen LogP contribution in [0.1, 0.15) is 0 Å². The number of hydrogen-bond donors (Lipinski definition) is 1. The first-order chi connectivity index (χ1) is 9.12. The summed E-state index contributed by atoms with van der Waals surface area (Å²) in [5.41, 5.74) is 0.754.